The minimum absolute atomic E-state index is 0.0914. The number of benzene rings is 1. The maximum Gasteiger partial charge on any atom is 0.240 e. The second kappa shape index (κ2) is 7.15. The number of nitrogens with one attached hydrogen (secondary N) is 1. The largest absolute Gasteiger partial charge is 0.310 e. The number of carbonyl (C=O) groups excluding carboxylic acids is 1. The molecule has 25 heavy (non-hydrogen) atoms. The van der Waals surface area contributed by atoms with Gasteiger partial charge in [0.05, 0.1) is 10.6 Å². The standard InChI is InChI=1S/C17H19N3O3S2/c1-12-11-20(13(2)21)16-8-15(5-6-17(16)24-12)25(22,23)19-10-14-4-3-7-18-9-14/h3-9,12,19H,10-11H2,1-2H3/t12-/m1/s1. The Labute approximate surface area is 151 Å². The van der Waals surface area contributed by atoms with Gasteiger partial charge in [0.2, 0.25) is 15.9 Å². The molecule has 8 heteroatoms. The van der Waals surface area contributed by atoms with Crippen LogP contribution in [0.1, 0.15) is 19.4 Å². The van der Waals surface area contributed by atoms with Crippen LogP contribution < -0.4 is 9.62 Å². The molecule has 3 rings (SSSR count). The highest BCUT2D eigenvalue weighted by Crippen LogP contribution is 2.39. The Bertz CT molecular complexity index is 885. The molecule has 0 aliphatic carbocycles. The summed E-state index contributed by atoms with van der Waals surface area (Å²) in [7, 11) is -3.68. The highest BCUT2D eigenvalue weighted by Gasteiger charge is 2.27. The fraction of sp³-hybridized carbons (Fsp3) is 0.294. The van der Waals surface area contributed by atoms with Gasteiger partial charge in [-0.15, -0.1) is 11.8 Å². The minimum Gasteiger partial charge on any atom is -0.310 e. The molecule has 1 N–H and O–H groups in total. The van der Waals surface area contributed by atoms with E-state index in [1.54, 1.807) is 59.4 Å². The SMILES string of the molecule is CC(=O)N1C[C@@H](C)Sc2ccc(S(=O)(=O)NCc3cccnc3)cc21. The lowest BCUT2D eigenvalue weighted by atomic mass is 10.2. The molecule has 0 spiro atoms. The van der Waals surface area contributed by atoms with Gasteiger partial charge in [-0.1, -0.05) is 13.0 Å². The van der Waals surface area contributed by atoms with Crippen LogP contribution in [0.25, 0.3) is 0 Å². The molecule has 1 aromatic heterocycles. The molecule has 2 heterocycles. The van der Waals surface area contributed by atoms with Gasteiger partial charge in [0.25, 0.3) is 0 Å². The van der Waals surface area contributed by atoms with E-state index in [-0.39, 0.29) is 22.6 Å². The lowest BCUT2D eigenvalue weighted by Gasteiger charge is -2.32. The van der Waals surface area contributed by atoms with E-state index in [4.69, 9.17) is 0 Å². The number of thioether (sulfide) groups is 1. The van der Waals surface area contributed by atoms with Crippen LogP contribution in [0.4, 0.5) is 5.69 Å². The van der Waals surface area contributed by atoms with Crippen molar-refractivity contribution in [3.63, 3.8) is 0 Å². The second-order valence-corrected chi connectivity index (χ2v) is 9.12. The zero-order valence-corrected chi connectivity index (χ0v) is 15.6. The number of pyridine rings is 1. The van der Waals surface area contributed by atoms with Crippen LogP contribution in [0.15, 0.2) is 52.5 Å². The minimum atomic E-state index is -3.68. The number of nitrogens with zero attached hydrogens (tertiary/aromatic N) is 2. The summed E-state index contributed by atoms with van der Waals surface area (Å²) in [5, 5.41) is 0.266. The number of sulfonamides is 1. The fourth-order valence-corrected chi connectivity index (χ4v) is 4.78. The van der Waals surface area contributed by atoms with Crippen LogP contribution in [0.3, 0.4) is 0 Å². The molecule has 0 radical (unpaired) electrons. The van der Waals surface area contributed by atoms with Crippen molar-refractivity contribution in [3.05, 3.63) is 48.3 Å². The highest BCUT2D eigenvalue weighted by atomic mass is 32.2. The third-order valence-corrected chi connectivity index (χ3v) is 6.42. The number of anilines is 1. The van der Waals surface area contributed by atoms with Gasteiger partial charge in [-0.3, -0.25) is 9.78 Å². The number of hydrogen-bond donors (Lipinski definition) is 1. The first-order valence-electron chi connectivity index (χ1n) is 7.84. The van der Waals surface area contributed by atoms with Crippen LogP contribution in [0.5, 0.6) is 0 Å². The van der Waals surface area contributed by atoms with Crippen molar-refractivity contribution >= 4 is 33.4 Å². The molecule has 0 saturated heterocycles. The Morgan fingerprint density at radius 3 is 2.88 bits per heavy atom. The summed E-state index contributed by atoms with van der Waals surface area (Å²) in [5.41, 5.74) is 1.43. The number of fused-ring (bicyclic) bond motifs is 1. The molecule has 1 amide bonds. The molecule has 1 aliphatic rings. The van der Waals surface area contributed by atoms with Gasteiger partial charge < -0.3 is 4.90 Å². The summed E-state index contributed by atoms with van der Waals surface area (Å²) < 4.78 is 27.8. The van der Waals surface area contributed by atoms with Crippen molar-refractivity contribution in [1.82, 2.24) is 9.71 Å². The van der Waals surface area contributed by atoms with Crippen molar-refractivity contribution in [1.29, 1.82) is 0 Å². The number of hydrogen-bond acceptors (Lipinski definition) is 5. The molecule has 0 saturated carbocycles. The van der Waals surface area contributed by atoms with Gasteiger partial charge in [-0.25, -0.2) is 13.1 Å². The molecular weight excluding hydrogens is 358 g/mol. The Kier molecular flexibility index (Phi) is 5.12. The first-order chi connectivity index (χ1) is 11.9. The monoisotopic (exact) mass is 377 g/mol. The molecule has 0 bridgehead atoms. The average molecular weight is 377 g/mol. The Hall–Kier alpha value is -1.90. The summed E-state index contributed by atoms with van der Waals surface area (Å²) in [6, 6.07) is 8.47. The molecule has 1 atom stereocenters. The quantitative estimate of drug-likeness (QED) is 0.885. The topological polar surface area (TPSA) is 79.4 Å². The average Bonchev–Trinajstić information content (AvgIpc) is 2.59. The number of rotatable bonds is 4. The van der Waals surface area contributed by atoms with E-state index in [2.05, 4.69) is 9.71 Å². The number of amides is 1. The number of carbonyl (C=O) groups is 1. The molecule has 2 aromatic rings. The Morgan fingerprint density at radius 1 is 1.40 bits per heavy atom. The van der Waals surface area contributed by atoms with Gasteiger partial charge >= 0.3 is 0 Å². The van der Waals surface area contributed by atoms with E-state index >= 15 is 0 Å². The lowest BCUT2D eigenvalue weighted by molar-refractivity contribution is -0.116. The molecular formula is C17H19N3O3S2. The van der Waals surface area contributed by atoms with Crippen molar-refractivity contribution in [2.24, 2.45) is 0 Å². The summed E-state index contributed by atoms with van der Waals surface area (Å²) >= 11 is 1.65. The van der Waals surface area contributed by atoms with E-state index < -0.39 is 10.0 Å². The van der Waals surface area contributed by atoms with Gasteiger partial charge in [0, 0.05) is 42.6 Å². The Balaban J connectivity index is 1.87. The molecule has 1 aromatic carbocycles. The first-order valence-corrected chi connectivity index (χ1v) is 10.2. The molecule has 0 fully saturated rings. The Morgan fingerprint density at radius 2 is 2.20 bits per heavy atom. The maximum atomic E-state index is 12.6. The van der Waals surface area contributed by atoms with Crippen LogP contribution in [-0.2, 0) is 21.4 Å². The van der Waals surface area contributed by atoms with Crippen molar-refractivity contribution in [2.45, 2.75) is 35.4 Å². The zero-order valence-electron chi connectivity index (χ0n) is 14.0. The van der Waals surface area contributed by atoms with E-state index in [1.165, 1.54) is 6.92 Å². The predicted molar refractivity (Wildman–Crippen MR) is 98.1 cm³/mol. The van der Waals surface area contributed by atoms with E-state index in [9.17, 15) is 13.2 Å². The third kappa shape index (κ3) is 4.02. The van der Waals surface area contributed by atoms with Crippen LogP contribution in [0.2, 0.25) is 0 Å². The molecule has 132 valence electrons. The highest BCUT2D eigenvalue weighted by molar-refractivity contribution is 8.00. The second-order valence-electron chi connectivity index (χ2n) is 5.87. The predicted octanol–water partition coefficient (Wildman–Crippen LogP) is 2.41. The van der Waals surface area contributed by atoms with E-state index in [1.807, 2.05) is 6.92 Å². The lowest BCUT2D eigenvalue weighted by Crippen LogP contribution is -2.37. The van der Waals surface area contributed by atoms with Gasteiger partial charge in [-0.2, -0.15) is 0 Å². The van der Waals surface area contributed by atoms with Crippen molar-refractivity contribution in [3.8, 4) is 0 Å². The van der Waals surface area contributed by atoms with Gasteiger partial charge in [0.1, 0.15) is 0 Å². The van der Waals surface area contributed by atoms with Crippen LogP contribution in [-0.4, -0.2) is 31.1 Å². The normalized spacial score (nSPS) is 17.2. The van der Waals surface area contributed by atoms with E-state index in [0.29, 0.717) is 12.2 Å². The summed E-state index contributed by atoms with van der Waals surface area (Å²) in [6.45, 7) is 4.27. The summed E-state index contributed by atoms with van der Waals surface area (Å²) in [5.74, 6) is -0.0914. The summed E-state index contributed by atoms with van der Waals surface area (Å²) in [4.78, 5) is 18.6. The van der Waals surface area contributed by atoms with Gasteiger partial charge in [0.15, 0.2) is 0 Å². The fourth-order valence-electron chi connectivity index (χ4n) is 2.65. The first kappa shape index (κ1) is 17.9. The van der Waals surface area contributed by atoms with Crippen molar-refractivity contribution in [2.75, 3.05) is 11.4 Å². The van der Waals surface area contributed by atoms with Crippen molar-refractivity contribution < 1.29 is 13.2 Å². The van der Waals surface area contributed by atoms with Crippen LogP contribution in [0, 0.1) is 0 Å². The number of aromatic nitrogens is 1. The smallest absolute Gasteiger partial charge is 0.240 e. The van der Waals surface area contributed by atoms with Gasteiger partial charge in [-0.05, 0) is 29.8 Å². The zero-order chi connectivity index (χ0) is 18.0. The maximum absolute atomic E-state index is 12.6. The molecule has 1 aliphatic heterocycles. The summed E-state index contributed by atoms with van der Waals surface area (Å²) in [6.07, 6.45) is 3.25. The molecule has 0 unspecified atom stereocenters. The molecule has 6 nitrogen and oxygen atoms in total. The third-order valence-electron chi connectivity index (χ3n) is 3.87. The van der Waals surface area contributed by atoms with E-state index in [0.717, 1.165) is 10.5 Å². The van der Waals surface area contributed by atoms with Crippen LogP contribution >= 0.6 is 11.8 Å².